The predicted molar refractivity (Wildman–Crippen MR) is 93.5 cm³/mol. The summed E-state index contributed by atoms with van der Waals surface area (Å²) in [6.45, 7) is 8.11. The average Bonchev–Trinajstić information content (AvgIpc) is 2.71. The Hall–Kier alpha value is -0.260. The Labute approximate surface area is 141 Å². The summed E-state index contributed by atoms with van der Waals surface area (Å²) < 4.78 is 15.9. The van der Waals surface area contributed by atoms with Crippen molar-refractivity contribution in [3.05, 3.63) is 34.3 Å². The van der Waals surface area contributed by atoms with E-state index < -0.39 is 11.4 Å². The van der Waals surface area contributed by atoms with Crippen LogP contribution in [0.3, 0.4) is 0 Å². The second-order valence-corrected chi connectivity index (χ2v) is 10.00. The summed E-state index contributed by atoms with van der Waals surface area (Å²) in [6, 6.07) is 6.31. The Morgan fingerprint density at radius 3 is 2.64 bits per heavy atom. The Bertz CT molecular complexity index is 552. The molecule has 5 heteroatoms. The first-order valence-corrected chi connectivity index (χ1v) is 9.52. The van der Waals surface area contributed by atoms with Crippen molar-refractivity contribution < 1.29 is 4.55 Å². The topological polar surface area (TPSA) is 47.1 Å². The number of benzene rings is 1. The molecule has 1 unspecified atom stereocenters. The molecule has 0 saturated carbocycles. The molecule has 3 rings (SSSR count). The summed E-state index contributed by atoms with van der Waals surface area (Å²) in [5, 5.41) is 4.24. The second-order valence-electron chi connectivity index (χ2n) is 7.56. The molecule has 2 aliphatic rings. The van der Waals surface area contributed by atoms with E-state index in [1.807, 2.05) is 26.8 Å². The van der Waals surface area contributed by atoms with Crippen LogP contribution < -0.4 is 10.0 Å². The highest BCUT2D eigenvalue weighted by atomic mass is 35.5. The Balaban J connectivity index is 1.94. The van der Waals surface area contributed by atoms with E-state index in [-0.39, 0.29) is 16.2 Å². The van der Waals surface area contributed by atoms with Crippen molar-refractivity contribution in [2.24, 2.45) is 5.41 Å². The van der Waals surface area contributed by atoms with Gasteiger partial charge in [0.05, 0.1) is 6.04 Å². The van der Waals surface area contributed by atoms with E-state index in [1.54, 1.807) is 0 Å². The van der Waals surface area contributed by atoms with E-state index in [4.69, 9.17) is 11.6 Å². The van der Waals surface area contributed by atoms with Gasteiger partial charge >= 0.3 is 0 Å². The van der Waals surface area contributed by atoms with E-state index in [2.05, 4.69) is 22.2 Å². The number of rotatable bonds is 2. The summed E-state index contributed by atoms with van der Waals surface area (Å²) in [6.07, 6.45) is 3.25. The first kappa shape index (κ1) is 16.6. The third kappa shape index (κ3) is 3.04. The van der Waals surface area contributed by atoms with Crippen LogP contribution in [-0.2, 0) is 17.8 Å². The van der Waals surface area contributed by atoms with Crippen molar-refractivity contribution in [1.29, 1.82) is 0 Å². The lowest BCUT2D eigenvalue weighted by molar-refractivity contribution is 0.163. The zero-order valence-electron chi connectivity index (χ0n) is 13.5. The van der Waals surface area contributed by atoms with Crippen LogP contribution in [0, 0.1) is 5.41 Å². The molecule has 3 nitrogen and oxygen atoms in total. The summed E-state index contributed by atoms with van der Waals surface area (Å²) in [5.41, 5.74) is 2.76. The van der Waals surface area contributed by atoms with Gasteiger partial charge in [0.25, 0.3) is 0 Å². The minimum atomic E-state index is -1.07. The average molecular weight is 341 g/mol. The van der Waals surface area contributed by atoms with E-state index in [0.717, 1.165) is 37.4 Å². The van der Waals surface area contributed by atoms with Crippen molar-refractivity contribution in [3.63, 3.8) is 0 Å². The van der Waals surface area contributed by atoms with Gasteiger partial charge in [-0.25, -0.2) is 0 Å². The molecule has 1 aromatic carbocycles. The zero-order chi connectivity index (χ0) is 16.0. The normalized spacial score (nSPS) is 25.2. The summed E-state index contributed by atoms with van der Waals surface area (Å²) in [4.78, 5) is 0. The number of piperidine rings is 1. The Kier molecular flexibility index (Phi) is 4.52. The number of hydrogen-bond donors (Lipinski definition) is 2. The first-order valence-electron chi connectivity index (χ1n) is 7.99. The summed E-state index contributed by atoms with van der Waals surface area (Å²) >= 11 is 5.11. The number of nitrogens with one attached hydrogen (secondary N) is 2. The maximum atomic E-state index is 12.7. The minimum absolute atomic E-state index is 0.155. The predicted octanol–water partition coefficient (Wildman–Crippen LogP) is 3.36. The highest BCUT2D eigenvalue weighted by Crippen LogP contribution is 2.52. The van der Waals surface area contributed by atoms with Gasteiger partial charge in [-0.2, -0.15) is 0 Å². The second kappa shape index (κ2) is 5.99. The molecule has 1 fully saturated rings. The molecule has 1 aliphatic heterocycles. The molecule has 22 heavy (non-hydrogen) atoms. The summed E-state index contributed by atoms with van der Waals surface area (Å²) in [5.74, 6) is 0. The lowest BCUT2D eigenvalue weighted by Gasteiger charge is -2.40. The van der Waals surface area contributed by atoms with Gasteiger partial charge in [0.2, 0.25) is 0 Å². The molecular weight excluding hydrogens is 316 g/mol. The molecular formula is C17H25ClN2OS. The highest BCUT2D eigenvalue weighted by Gasteiger charge is 2.49. The maximum Gasteiger partial charge on any atom is 0.136 e. The van der Waals surface area contributed by atoms with Crippen LogP contribution in [0.25, 0.3) is 0 Å². The van der Waals surface area contributed by atoms with Gasteiger partial charge < -0.3 is 9.87 Å². The molecule has 2 N–H and O–H groups in total. The minimum Gasteiger partial charge on any atom is -0.598 e. The molecule has 0 aromatic heterocycles. The van der Waals surface area contributed by atoms with Crippen LogP contribution in [0.15, 0.2) is 18.2 Å². The molecule has 1 spiro atoms. The standard InChI is InChI=1S/C17H25ClN2OS/c1-16(2,3)22(21)20-15-14-5-4-13(18)10-12(14)11-17(15)6-8-19-9-7-17/h4-5,10,15,19-20H,6-9,11H2,1-3H3/t15?,22-/m1/s1. The lowest BCUT2D eigenvalue weighted by atomic mass is 9.73. The van der Waals surface area contributed by atoms with Gasteiger partial charge in [-0.05, 0) is 76.4 Å². The first-order chi connectivity index (χ1) is 10.3. The maximum absolute atomic E-state index is 12.7. The van der Waals surface area contributed by atoms with Crippen LogP contribution in [0.1, 0.15) is 50.8 Å². The van der Waals surface area contributed by atoms with E-state index in [9.17, 15) is 4.55 Å². The van der Waals surface area contributed by atoms with Gasteiger partial charge in [-0.15, -0.1) is 4.72 Å². The van der Waals surface area contributed by atoms with Crippen LogP contribution in [-0.4, -0.2) is 22.4 Å². The third-order valence-corrected chi connectivity index (χ3v) is 6.75. The molecule has 122 valence electrons. The quantitative estimate of drug-likeness (QED) is 0.811. The lowest BCUT2D eigenvalue weighted by Crippen LogP contribution is -2.48. The zero-order valence-corrected chi connectivity index (χ0v) is 15.1. The van der Waals surface area contributed by atoms with E-state index in [1.165, 1.54) is 11.1 Å². The summed E-state index contributed by atoms with van der Waals surface area (Å²) in [7, 11) is 0. The number of hydrogen-bond acceptors (Lipinski definition) is 3. The fraction of sp³-hybridized carbons (Fsp3) is 0.647. The molecule has 1 aromatic rings. The number of halogens is 1. The van der Waals surface area contributed by atoms with Crippen LogP contribution in [0.4, 0.5) is 0 Å². The van der Waals surface area contributed by atoms with Crippen LogP contribution in [0.5, 0.6) is 0 Å². The van der Waals surface area contributed by atoms with Crippen molar-refractivity contribution in [3.8, 4) is 0 Å². The largest absolute Gasteiger partial charge is 0.598 e. The third-order valence-electron chi connectivity index (χ3n) is 4.95. The van der Waals surface area contributed by atoms with Gasteiger partial charge in [0, 0.05) is 21.8 Å². The molecule has 1 aliphatic carbocycles. The fourth-order valence-electron chi connectivity index (χ4n) is 3.68. The van der Waals surface area contributed by atoms with E-state index in [0.29, 0.717) is 0 Å². The smallest absolute Gasteiger partial charge is 0.136 e. The van der Waals surface area contributed by atoms with Gasteiger partial charge in [0.1, 0.15) is 4.75 Å². The molecule has 0 amide bonds. The van der Waals surface area contributed by atoms with Crippen molar-refractivity contribution >= 4 is 23.0 Å². The van der Waals surface area contributed by atoms with Crippen LogP contribution >= 0.6 is 11.6 Å². The van der Waals surface area contributed by atoms with Gasteiger partial charge in [-0.1, -0.05) is 17.7 Å². The molecule has 0 radical (unpaired) electrons. The Morgan fingerprint density at radius 1 is 1.32 bits per heavy atom. The van der Waals surface area contributed by atoms with Gasteiger partial charge in [0.15, 0.2) is 0 Å². The SMILES string of the molecule is CC(C)(C)[S@@+]([O-])NC1c2ccc(Cl)cc2CC12CCNCC2. The molecule has 0 bridgehead atoms. The van der Waals surface area contributed by atoms with Crippen molar-refractivity contribution in [2.45, 2.75) is 50.8 Å². The fourth-order valence-corrected chi connectivity index (χ4v) is 4.82. The van der Waals surface area contributed by atoms with E-state index >= 15 is 0 Å². The van der Waals surface area contributed by atoms with Crippen molar-refractivity contribution in [1.82, 2.24) is 10.0 Å². The number of fused-ring (bicyclic) bond motifs is 1. The van der Waals surface area contributed by atoms with Gasteiger partial charge in [-0.3, -0.25) is 0 Å². The monoisotopic (exact) mass is 340 g/mol. The van der Waals surface area contributed by atoms with Crippen molar-refractivity contribution in [2.75, 3.05) is 13.1 Å². The molecule has 2 atom stereocenters. The Morgan fingerprint density at radius 2 is 2.00 bits per heavy atom. The molecule has 1 heterocycles. The highest BCUT2D eigenvalue weighted by molar-refractivity contribution is 7.90. The van der Waals surface area contributed by atoms with Crippen LogP contribution in [0.2, 0.25) is 5.02 Å². The molecule has 1 saturated heterocycles.